The van der Waals surface area contributed by atoms with Crippen LogP contribution < -0.4 is 5.32 Å². The second kappa shape index (κ2) is 6.14. The molecule has 7 heteroatoms. The van der Waals surface area contributed by atoms with Crippen LogP contribution in [-0.4, -0.2) is 44.6 Å². The number of nitrogens with zero attached hydrogens (tertiary/aromatic N) is 4. The number of hydrogen-bond donors (Lipinski definition) is 2. The largest absolute Gasteiger partial charge is 0.385 e. The van der Waals surface area contributed by atoms with Crippen molar-refractivity contribution in [3.63, 3.8) is 0 Å². The third-order valence-corrected chi connectivity index (χ3v) is 2.84. The second-order valence-electron chi connectivity index (χ2n) is 4.49. The zero-order valence-electron chi connectivity index (χ0n) is 11.8. The Bertz CT molecular complexity index is 581. The number of carbonyl (C=O) groups is 1. The van der Waals surface area contributed by atoms with Gasteiger partial charge in [-0.2, -0.15) is 5.10 Å². The molecule has 1 amide bonds. The maximum Gasteiger partial charge on any atom is 0.257 e. The van der Waals surface area contributed by atoms with E-state index in [4.69, 9.17) is 0 Å². The molecule has 0 aromatic carbocycles. The lowest BCUT2D eigenvalue weighted by atomic mass is 10.2. The molecule has 2 N–H and O–H groups in total. The van der Waals surface area contributed by atoms with Crippen molar-refractivity contribution in [2.24, 2.45) is 0 Å². The van der Waals surface area contributed by atoms with Crippen LogP contribution in [0.15, 0.2) is 18.6 Å². The minimum atomic E-state index is -0.107. The SMILES string of the molecule is CCNc1cc(C)ncc1C(=O)N(C)Cc1ncn[nH]1. The lowest BCUT2D eigenvalue weighted by Gasteiger charge is -2.18. The normalized spacial score (nSPS) is 10.3. The van der Waals surface area contributed by atoms with Gasteiger partial charge in [0.2, 0.25) is 0 Å². The van der Waals surface area contributed by atoms with Gasteiger partial charge in [0.25, 0.3) is 5.91 Å². The van der Waals surface area contributed by atoms with Crippen LogP contribution in [0.5, 0.6) is 0 Å². The summed E-state index contributed by atoms with van der Waals surface area (Å²) in [5, 5.41) is 9.69. The second-order valence-corrected chi connectivity index (χ2v) is 4.49. The summed E-state index contributed by atoms with van der Waals surface area (Å²) >= 11 is 0. The standard InChI is InChI=1S/C13H18N6O/c1-4-14-11-5-9(2)15-6-10(11)13(20)19(3)7-12-16-8-17-18-12/h5-6,8H,4,7H2,1-3H3,(H,14,15)(H,16,17,18). The highest BCUT2D eigenvalue weighted by Crippen LogP contribution is 2.17. The minimum Gasteiger partial charge on any atom is -0.385 e. The maximum absolute atomic E-state index is 12.5. The fourth-order valence-electron chi connectivity index (χ4n) is 1.88. The van der Waals surface area contributed by atoms with E-state index in [-0.39, 0.29) is 5.91 Å². The van der Waals surface area contributed by atoms with Crippen molar-refractivity contribution in [2.75, 3.05) is 18.9 Å². The fourth-order valence-corrected chi connectivity index (χ4v) is 1.88. The molecule has 20 heavy (non-hydrogen) atoms. The number of amides is 1. The van der Waals surface area contributed by atoms with Crippen LogP contribution in [0.1, 0.15) is 28.8 Å². The molecule has 0 unspecified atom stereocenters. The van der Waals surface area contributed by atoms with Crippen molar-refractivity contribution in [2.45, 2.75) is 20.4 Å². The summed E-state index contributed by atoms with van der Waals surface area (Å²) in [6, 6.07) is 1.87. The summed E-state index contributed by atoms with van der Waals surface area (Å²) in [6.07, 6.45) is 3.03. The molecule has 0 fully saturated rings. The molecular formula is C13H18N6O. The molecule has 0 saturated heterocycles. The van der Waals surface area contributed by atoms with Gasteiger partial charge >= 0.3 is 0 Å². The number of H-pyrrole nitrogens is 1. The molecule has 0 bridgehead atoms. The van der Waals surface area contributed by atoms with E-state index in [2.05, 4.69) is 25.5 Å². The number of hydrogen-bond acceptors (Lipinski definition) is 5. The molecule has 0 aliphatic rings. The number of anilines is 1. The van der Waals surface area contributed by atoms with Crippen LogP contribution in [0.2, 0.25) is 0 Å². The molecule has 2 heterocycles. The van der Waals surface area contributed by atoms with Gasteiger partial charge in [-0.15, -0.1) is 0 Å². The van der Waals surface area contributed by atoms with Gasteiger partial charge in [-0.25, -0.2) is 4.98 Å². The molecule has 2 aromatic rings. The maximum atomic E-state index is 12.5. The first-order valence-electron chi connectivity index (χ1n) is 6.42. The van der Waals surface area contributed by atoms with Crippen LogP contribution in [0, 0.1) is 6.92 Å². The van der Waals surface area contributed by atoms with Gasteiger partial charge in [0.05, 0.1) is 17.8 Å². The van der Waals surface area contributed by atoms with E-state index in [9.17, 15) is 4.79 Å². The first-order chi connectivity index (χ1) is 9.61. The third kappa shape index (κ3) is 3.11. The number of aromatic nitrogens is 4. The van der Waals surface area contributed by atoms with E-state index in [0.29, 0.717) is 17.9 Å². The predicted molar refractivity (Wildman–Crippen MR) is 75.3 cm³/mol. The molecule has 2 rings (SSSR count). The Morgan fingerprint density at radius 1 is 1.45 bits per heavy atom. The Hall–Kier alpha value is -2.44. The number of aryl methyl sites for hydroxylation is 1. The van der Waals surface area contributed by atoms with Crippen LogP contribution in [0.3, 0.4) is 0 Å². The predicted octanol–water partition coefficient (Wildman–Crippen LogP) is 1.21. The smallest absolute Gasteiger partial charge is 0.257 e. The number of aromatic amines is 1. The molecule has 7 nitrogen and oxygen atoms in total. The monoisotopic (exact) mass is 274 g/mol. The van der Waals surface area contributed by atoms with E-state index in [0.717, 1.165) is 17.9 Å². The van der Waals surface area contributed by atoms with Crippen LogP contribution in [-0.2, 0) is 6.54 Å². The van der Waals surface area contributed by atoms with E-state index < -0.39 is 0 Å². The Morgan fingerprint density at radius 2 is 2.25 bits per heavy atom. The molecule has 0 spiro atoms. The third-order valence-electron chi connectivity index (χ3n) is 2.84. The Morgan fingerprint density at radius 3 is 2.90 bits per heavy atom. The topological polar surface area (TPSA) is 86.8 Å². The quantitative estimate of drug-likeness (QED) is 0.856. The summed E-state index contributed by atoms with van der Waals surface area (Å²) in [6.45, 7) is 5.00. The summed E-state index contributed by atoms with van der Waals surface area (Å²) in [5.74, 6) is 0.538. The molecule has 0 aliphatic heterocycles. The molecule has 106 valence electrons. The van der Waals surface area contributed by atoms with Crippen molar-refractivity contribution in [3.8, 4) is 0 Å². The summed E-state index contributed by atoms with van der Waals surface area (Å²) in [4.78, 5) is 22.3. The lowest BCUT2D eigenvalue weighted by Crippen LogP contribution is -2.27. The number of rotatable bonds is 5. The van der Waals surface area contributed by atoms with Gasteiger partial charge < -0.3 is 10.2 Å². The molecule has 0 saturated carbocycles. The van der Waals surface area contributed by atoms with E-state index in [1.807, 2.05) is 19.9 Å². The van der Waals surface area contributed by atoms with E-state index >= 15 is 0 Å². The van der Waals surface area contributed by atoms with E-state index in [1.165, 1.54) is 6.33 Å². The highest BCUT2D eigenvalue weighted by atomic mass is 16.2. The summed E-state index contributed by atoms with van der Waals surface area (Å²) < 4.78 is 0. The first-order valence-corrected chi connectivity index (χ1v) is 6.42. The summed E-state index contributed by atoms with van der Waals surface area (Å²) in [7, 11) is 1.72. The zero-order chi connectivity index (χ0) is 14.5. The average molecular weight is 274 g/mol. The molecule has 0 radical (unpaired) electrons. The fraction of sp³-hybridized carbons (Fsp3) is 0.385. The minimum absolute atomic E-state index is 0.107. The molecular weight excluding hydrogens is 256 g/mol. The Balaban J connectivity index is 2.19. The van der Waals surface area contributed by atoms with Crippen molar-refractivity contribution < 1.29 is 4.79 Å². The van der Waals surface area contributed by atoms with Crippen molar-refractivity contribution in [1.82, 2.24) is 25.1 Å². The van der Waals surface area contributed by atoms with Crippen molar-refractivity contribution in [3.05, 3.63) is 35.7 Å². The van der Waals surface area contributed by atoms with E-state index in [1.54, 1.807) is 18.1 Å². The average Bonchev–Trinajstić information content (AvgIpc) is 2.91. The highest BCUT2D eigenvalue weighted by molar-refractivity contribution is 5.99. The summed E-state index contributed by atoms with van der Waals surface area (Å²) in [5.41, 5.74) is 2.23. The number of pyridine rings is 1. The lowest BCUT2D eigenvalue weighted by molar-refractivity contribution is 0.0782. The van der Waals surface area contributed by atoms with Crippen molar-refractivity contribution in [1.29, 1.82) is 0 Å². The molecule has 0 atom stereocenters. The van der Waals surface area contributed by atoms with Gasteiger partial charge in [0.1, 0.15) is 12.2 Å². The van der Waals surface area contributed by atoms with Gasteiger partial charge in [0, 0.05) is 25.5 Å². The van der Waals surface area contributed by atoms with Gasteiger partial charge in [-0.1, -0.05) is 0 Å². The van der Waals surface area contributed by atoms with Crippen LogP contribution in [0.25, 0.3) is 0 Å². The van der Waals surface area contributed by atoms with Crippen LogP contribution >= 0.6 is 0 Å². The number of nitrogens with one attached hydrogen (secondary N) is 2. The van der Waals surface area contributed by atoms with Gasteiger partial charge in [0.15, 0.2) is 0 Å². The van der Waals surface area contributed by atoms with Gasteiger partial charge in [-0.05, 0) is 19.9 Å². The highest BCUT2D eigenvalue weighted by Gasteiger charge is 2.17. The van der Waals surface area contributed by atoms with Crippen LogP contribution in [0.4, 0.5) is 5.69 Å². The molecule has 2 aromatic heterocycles. The first kappa shape index (κ1) is 14.0. The van der Waals surface area contributed by atoms with Gasteiger partial charge in [-0.3, -0.25) is 14.9 Å². The Labute approximate surface area is 117 Å². The zero-order valence-corrected chi connectivity index (χ0v) is 11.8. The molecule has 0 aliphatic carbocycles. The Kier molecular flexibility index (Phi) is 4.29. The van der Waals surface area contributed by atoms with Crippen molar-refractivity contribution >= 4 is 11.6 Å². The number of carbonyl (C=O) groups excluding carboxylic acids is 1.